The summed E-state index contributed by atoms with van der Waals surface area (Å²) in [5.41, 5.74) is 4.27. The van der Waals surface area contributed by atoms with E-state index in [2.05, 4.69) is 42.2 Å². The van der Waals surface area contributed by atoms with Crippen molar-refractivity contribution >= 4 is 17.6 Å². The minimum atomic E-state index is -0.948. The van der Waals surface area contributed by atoms with Crippen LogP contribution in [0.15, 0.2) is 84.4 Å². The highest BCUT2D eigenvalue weighted by Gasteiger charge is 2.48. The number of carboxylic acid groups (broad SMARTS) is 1. The number of methoxy groups -OCH3 is 1. The maximum Gasteiger partial charge on any atom is 0.337 e. The van der Waals surface area contributed by atoms with Crippen LogP contribution in [0.3, 0.4) is 0 Å². The minimum Gasteiger partial charge on any atom is -0.478 e. The second-order valence-electron chi connectivity index (χ2n) is 10.0. The first-order chi connectivity index (χ1) is 18.4. The van der Waals surface area contributed by atoms with E-state index in [1.165, 1.54) is 18.2 Å². The number of fused-ring (bicyclic) bond motifs is 1. The van der Waals surface area contributed by atoms with E-state index >= 15 is 0 Å². The van der Waals surface area contributed by atoms with Crippen LogP contribution in [0.4, 0.5) is 5.69 Å². The van der Waals surface area contributed by atoms with Gasteiger partial charge in [0.15, 0.2) is 5.60 Å². The Labute approximate surface area is 223 Å². The van der Waals surface area contributed by atoms with Gasteiger partial charge in [0.05, 0.1) is 24.8 Å². The largest absolute Gasteiger partial charge is 0.478 e. The molecule has 3 aromatic rings. The third-order valence-corrected chi connectivity index (χ3v) is 7.68. The van der Waals surface area contributed by atoms with Gasteiger partial charge in [-0.25, -0.2) is 9.59 Å². The van der Waals surface area contributed by atoms with Gasteiger partial charge in [-0.3, -0.25) is 0 Å². The Balaban J connectivity index is 1.60. The average molecular weight is 512 g/mol. The molecule has 196 valence electrons. The SMILES string of the molecule is CCCN1CC(Oc2cccc(C(=O)OC)c2)(C2=CCC(c3ccccc3)CC2)c2ccc(C(=O)O)cc21. The van der Waals surface area contributed by atoms with Crippen LogP contribution in [0.1, 0.15) is 70.4 Å². The molecule has 0 saturated heterocycles. The standard InChI is InChI=1S/C32H33NO5/c1-3-18-33-21-32(28-17-14-24(30(34)35)20-29(28)33,38-27-11-7-10-25(19-27)31(36)37-2)26-15-12-23(13-16-26)22-8-5-4-6-9-22/h4-11,14-15,17,19-20,23H,3,12-13,16,18,21H2,1-2H3,(H,34,35). The quantitative estimate of drug-likeness (QED) is 0.272. The molecule has 2 aliphatic rings. The number of carboxylic acids is 1. The van der Waals surface area contributed by atoms with E-state index in [1.54, 1.807) is 30.3 Å². The molecule has 0 bridgehead atoms. The highest BCUT2D eigenvalue weighted by molar-refractivity contribution is 5.90. The summed E-state index contributed by atoms with van der Waals surface area (Å²) in [6.07, 6.45) is 5.99. The molecule has 0 saturated carbocycles. The third kappa shape index (κ3) is 4.78. The van der Waals surface area contributed by atoms with Crippen molar-refractivity contribution in [3.05, 3.63) is 107 Å². The van der Waals surface area contributed by atoms with E-state index in [0.717, 1.165) is 43.5 Å². The fourth-order valence-corrected chi connectivity index (χ4v) is 5.84. The summed E-state index contributed by atoms with van der Waals surface area (Å²) in [5.74, 6) is -0.346. The molecule has 0 fully saturated rings. The molecule has 0 radical (unpaired) electrons. The van der Waals surface area contributed by atoms with Gasteiger partial charge in [0.2, 0.25) is 0 Å². The number of carbonyl (C=O) groups excluding carboxylic acids is 1. The number of anilines is 1. The summed E-state index contributed by atoms with van der Waals surface area (Å²) in [4.78, 5) is 26.3. The lowest BCUT2D eigenvalue weighted by Gasteiger charge is -2.37. The fourth-order valence-electron chi connectivity index (χ4n) is 5.84. The van der Waals surface area contributed by atoms with E-state index < -0.39 is 17.5 Å². The van der Waals surface area contributed by atoms with Crippen molar-refractivity contribution in [1.82, 2.24) is 0 Å². The number of carbonyl (C=O) groups is 2. The monoisotopic (exact) mass is 511 g/mol. The van der Waals surface area contributed by atoms with Crippen molar-refractivity contribution in [2.24, 2.45) is 0 Å². The van der Waals surface area contributed by atoms with E-state index in [9.17, 15) is 14.7 Å². The predicted octanol–water partition coefficient (Wildman–Crippen LogP) is 6.57. The van der Waals surface area contributed by atoms with Gasteiger partial charge in [0.1, 0.15) is 5.75 Å². The predicted molar refractivity (Wildman–Crippen MR) is 147 cm³/mol. The fraction of sp³-hybridized carbons (Fsp3) is 0.312. The normalized spacial score (nSPS) is 20.4. The highest BCUT2D eigenvalue weighted by Crippen LogP contribution is 2.50. The number of benzene rings is 3. The molecule has 1 aliphatic carbocycles. The van der Waals surface area contributed by atoms with Gasteiger partial charge in [-0.05, 0) is 73.1 Å². The van der Waals surface area contributed by atoms with Crippen molar-refractivity contribution in [2.75, 3.05) is 25.1 Å². The smallest absolute Gasteiger partial charge is 0.337 e. The molecule has 2 atom stereocenters. The molecule has 1 N–H and O–H groups in total. The van der Waals surface area contributed by atoms with E-state index in [-0.39, 0.29) is 5.56 Å². The van der Waals surface area contributed by atoms with Crippen molar-refractivity contribution in [3.8, 4) is 5.75 Å². The third-order valence-electron chi connectivity index (χ3n) is 7.68. The lowest BCUT2D eigenvalue weighted by atomic mass is 9.76. The Bertz CT molecular complexity index is 1370. The summed E-state index contributed by atoms with van der Waals surface area (Å²) in [6.45, 7) is 3.47. The maximum absolute atomic E-state index is 12.2. The molecule has 6 nitrogen and oxygen atoms in total. The second-order valence-corrected chi connectivity index (χ2v) is 10.0. The molecule has 0 spiro atoms. The van der Waals surface area contributed by atoms with Crippen LogP contribution >= 0.6 is 0 Å². The van der Waals surface area contributed by atoms with Crippen LogP contribution < -0.4 is 9.64 Å². The van der Waals surface area contributed by atoms with Gasteiger partial charge in [-0.1, -0.05) is 55.5 Å². The minimum absolute atomic E-state index is 0.259. The van der Waals surface area contributed by atoms with Crippen molar-refractivity contribution in [3.63, 3.8) is 0 Å². The molecule has 1 heterocycles. The van der Waals surface area contributed by atoms with Gasteiger partial charge in [-0.15, -0.1) is 0 Å². The van der Waals surface area contributed by atoms with Gasteiger partial charge >= 0.3 is 11.9 Å². The van der Waals surface area contributed by atoms with Crippen LogP contribution in [0.25, 0.3) is 0 Å². The number of rotatable bonds is 8. The molecule has 38 heavy (non-hydrogen) atoms. The van der Waals surface area contributed by atoms with Gasteiger partial charge in [0, 0.05) is 17.8 Å². The summed E-state index contributed by atoms with van der Waals surface area (Å²) >= 11 is 0. The Morgan fingerprint density at radius 1 is 1.03 bits per heavy atom. The number of hydrogen-bond acceptors (Lipinski definition) is 5. The Hall–Kier alpha value is -4.06. The van der Waals surface area contributed by atoms with Crippen LogP contribution in [-0.4, -0.2) is 37.2 Å². The van der Waals surface area contributed by atoms with Crippen LogP contribution in [-0.2, 0) is 10.3 Å². The molecule has 5 rings (SSSR count). The maximum atomic E-state index is 12.2. The van der Waals surface area contributed by atoms with Crippen LogP contribution in [0.2, 0.25) is 0 Å². The number of hydrogen-bond donors (Lipinski definition) is 1. The zero-order chi connectivity index (χ0) is 26.7. The van der Waals surface area contributed by atoms with E-state index in [0.29, 0.717) is 23.8 Å². The first-order valence-corrected chi connectivity index (χ1v) is 13.2. The van der Waals surface area contributed by atoms with Gasteiger partial charge < -0.3 is 19.5 Å². The zero-order valence-corrected chi connectivity index (χ0v) is 21.9. The topological polar surface area (TPSA) is 76.1 Å². The van der Waals surface area contributed by atoms with Gasteiger partial charge in [-0.2, -0.15) is 0 Å². The number of nitrogens with zero attached hydrogens (tertiary/aromatic N) is 1. The van der Waals surface area contributed by atoms with E-state index in [4.69, 9.17) is 9.47 Å². The molecule has 0 aromatic heterocycles. The lowest BCUT2D eigenvalue weighted by Crippen LogP contribution is -2.41. The molecule has 0 amide bonds. The van der Waals surface area contributed by atoms with Crippen LogP contribution in [0.5, 0.6) is 5.75 Å². The Morgan fingerprint density at radius 2 is 1.84 bits per heavy atom. The highest BCUT2D eigenvalue weighted by atomic mass is 16.5. The number of esters is 1. The van der Waals surface area contributed by atoms with Crippen molar-refractivity contribution in [2.45, 2.75) is 44.1 Å². The summed E-state index contributed by atoms with van der Waals surface area (Å²) in [5, 5.41) is 9.68. The summed E-state index contributed by atoms with van der Waals surface area (Å²) < 4.78 is 11.8. The second kappa shape index (κ2) is 10.7. The van der Waals surface area contributed by atoms with Crippen LogP contribution in [0, 0.1) is 0 Å². The lowest BCUT2D eigenvalue weighted by molar-refractivity contribution is 0.0597. The summed E-state index contributed by atoms with van der Waals surface area (Å²) in [7, 11) is 1.36. The van der Waals surface area contributed by atoms with Crippen molar-refractivity contribution in [1.29, 1.82) is 0 Å². The first-order valence-electron chi connectivity index (χ1n) is 13.2. The average Bonchev–Trinajstić information content (AvgIpc) is 3.26. The zero-order valence-electron chi connectivity index (χ0n) is 21.9. The first kappa shape index (κ1) is 25.6. The van der Waals surface area contributed by atoms with Gasteiger partial charge in [0.25, 0.3) is 0 Å². The molecular formula is C32H33NO5. The molecule has 1 aliphatic heterocycles. The number of aromatic carboxylic acids is 1. The molecule has 2 unspecified atom stereocenters. The van der Waals surface area contributed by atoms with E-state index in [1.807, 2.05) is 18.2 Å². The molecule has 3 aromatic carbocycles. The Kier molecular flexibility index (Phi) is 7.23. The Morgan fingerprint density at radius 3 is 2.53 bits per heavy atom. The van der Waals surface area contributed by atoms with Crippen molar-refractivity contribution < 1.29 is 24.2 Å². The number of allylic oxidation sites excluding steroid dienone is 1. The molecular weight excluding hydrogens is 478 g/mol. The number of ether oxygens (including phenoxy) is 2. The summed E-state index contributed by atoms with van der Waals surface area (Å²) in [6, 6.07) is 23.0. The molecule has 6 heteroatoms.